The van der Waals surface area contributed by atoms with E-state index in [-0.39, 0.29) is 6.10 Å². The molecule has 1 unspecified atom stereocenters. The first kappa shape index (κ1) is 11.7. The Hall–Kier alpha value is -0.800. The summed E-state index contributed by atoms with van der Waals surface area (Å²) >= 11 is 0. The van der Waals surface area contributed by atoms with E-state index >= 15 is 0 Å². The summed E-state index contributed by atoms with van der Waals surface area (Å²) in [7, 11) is 0. The maximum Gasteiger partial charge on any atom is 0.0832 e. The quantitative estimate of drug-likeness (QED) is 0.803. The zero-order valence-corrected chi connectivity index (χ0v) is 10.1. The Labute approximate surface area is 96.7 Å². The van der Waals surface area contributed by atoms with Gasteiger partial charge in [0.1, 0.15) is 0 Å². The minimum atomic E-state index is -0.625. The Morgan fingerprint density at radius 3 is 2.75 bits per heavy atom. The number of aliphatic hydroxyl groups excluding tert-OH is 1. The molecule has 3 heteroatoms. The highest BCUT2D eigenvalue weighted by Gasteiger charge is 2.31. The fraction of sp³-hybridized carbons (Fsp3) is 0.692. The minimum Gasteiger partial charge on any atom is -0.390 e. The minimum absolute atomic E-state index is 0.289. The van der Waals surface area contributed by atoms with Gasteiger partial charge in [0.2, 0.25) is 0 Å². The summed E-state index contributed by atoms with van der Waals surface area (Å²) < 4.78 is 2.04. The molecule has 1 aliphatic carbocycles. The molecule has 1 aromatic rings. The topological polar surface area (TPSA) is 45.4 Å². The molecule has 2 rings (SSSR count). The Kier molecular flexibility index (Phi) is 3.08. The molecule has 3 nitrogen and oxygen atoms in total. The fourth-order valence-corrected chi connectivity index (χ4v) is 1.86. The van der Waals surface area contributed by atoms with Crippen LogP contribution in [-0.2, 0) is 6.54 Å². The van der Waals surface area contributed by atoms with Crippen molar-refractivity contribution in [2.24, 2.45) is 5.92 Å². The van der Waals surface area contributed by atoms with Gasteiger partial charge in [-0.15, -0.1) is 0 Å². The third-order valence-electron chi connectivity index (χ3n) is 3.17. The monoisotopic (exact) mass is 223 g/mol. The van der Waals surface area contributed by atoms with Crippen LogP contribution < -0.4 is 0 Å². The van der Waals surface area contributed by atoms with Crippen LogP contribution in [0.2, 0.25) is 0 Å². The predicted molar refractivity (Wildman–Crippen MR) is 63.0 cm³/mol. The highest BCUT2D eigenvalue weighted by atomic mass is 16.3. The van der Waals surface area contributed by atoms with Crippen LogP contribution in [0.3, 0.4) is 0 Å². The van der Waals surface area contributed by atoms with Crippen molar-refractivity contribution < 1.29 is 10.2 Å². The molecule has 0 bridgehead atoms. The number of hydrogen-bond donors (Lipinski definition) is 2. The Balaban J connectivity index is 1.91. The molecular weight excluding hydrogens is 202 g/mol. The lowest BCUT2D eigenvalue weighted by molar-refractivity contribution is 0.0662. The molecule has 1 aromatic heterocycles. The molecule has 2 N–H and O–H groups in total. The van der Waals surface area contributed by atoms with Gasteiger partial charge in [-0.2, -0.15) is 0 Å². The van der Waals surface area contributed by atoms with Crippen molar-refractivity contribution in [3.8, 4) is 0 Å². The van der Waals surface area contributed by atoms with Gasteiger partial charge in [0.05, 0.1) is 11.7 Å². The largest absolute Gasteiger partial charge is 0.390 e. The average Bonchev–Trinajstić information content (AvgIpc) is 2.92. The van der Waals surface area contributed by atoms with Crippen molar-refractivity contribution in [2.75, 3.05) is 0 Å². The zero-order chi connectivity index (χ0) is 11.8. The summed E-state index contributed by atoms with van der Waals surface area (Å²) in [5.74, 6) is 0.477. The Morgan fingerprint density at radius 2 is 2.19 bits per heavy atom. The fourth-order valence-electron chi connectivity index (χ4n) is 1.86. The summed E-state index contributed by atoms with van der Waals surface area (Å²) in [6, 6.07) is 1.98. The van der Waals surface area contributed by atoms with E-state index in [2.05, 4.69) is 0 Å². The van der Waals surface area contributed by atoms with Crippen molar-refractivity contribution in [1.29, 1.82) is 0 Å². The van der Waals surface area contributed by atoms with Gasteiger partial charge in [-0.1, -0.05) is 0 Å². The van der Waals surface area contributed by atoms with Crippen LogP contribution in [0.4, 0.5) is 0 Å². The van der Waals surface area contributed by atoms with Crippen LogP contribution in [-0.4, -0.2) is 20.4 Å². The number of rotatable bonds is 5. The Morgan fingerprint density at radius 1 is 1.50 bits per heavy atom. The number of aryl methyl sites for hydroxylation is 1. The van der Waals surface area contributed by atoms with Crippen molar-refractivity contribution >= 4 is 0 Å². The van der Waals surface area contributed by atoms with E-state index in [0.29, 0.717) is 5.92 Å². The van der Waals surface area contributed by atoms with E-state index in [0.717, 1.165) is 31.4 Å². The summed E-state index contributed by atoms with van der Waals surface area (Å²) in [6.45, 7) is 4.42. The lowest BCUT2D eigenvalue weighted by Gasteiger charge is -2.17. The van der Waals surface area contributed by atoms with Gasteiger partial charge in [-0.3, -0.25) is 0 Å². The number of hydrogen-bond acceptors (Lipinski definition) is 2. The van der Waals surface area contributed by atoms with Crippen LogP contribution in [0.25, 0.3) is 0 Å². The molecule has 1 aliphatic rings. The smallest absolute Gasteiger partial charge is 0.0832 e. The Bertz CT molecular complexity index is 347. The molecule has 1 saturated carbocycles. The average molecular weight is 223 g/mol. The molecule has 0 spiro atoms. The third kappa shape index (κ3) is 3.09. The standard InChI is InChI=1S/C13H21NO2/c1-13(2,16)6-8-14-7-5-11(9-14)12(15)10-3-4-10/h5,7,9-10,12,15-16H,3-4,6,8H2,1-2H3. The van der Waals surface area contributed by atoms with Crippen molar-refractivity contribution in [3.05, 3.63) is 24.0 Å². The van der Waals surface area contributed by atoms with Crippen LogP contribution in [0.1, 0.15) is 44.8 Å². The van der Waals surface area contributed by atoms with Crippen molar-refractivity contribution in [2.45, 2.75) is 51.4 Å². The van der Waals surface area contributed by atoms with Crippen molar-refractivity contribution in [1.82, 2.24) is 4.57 Å². The van der Waals surface area contributed by atoms with Gasteiger partial charge in [-0.25, -0.2) is 0 Å². The van der Waals surface area contributed by atoms with Crippen LogP contribution in [0.5, 0.6) is 0 Å². The lowest BCUT2D eigenvalue weighted by atomic mass is 10.1. The van der Waals surface area contributed by atoms with E-state index in [1.165, 1.54) is 0 Å². The van der Waals surface area contributed by atoms with Crippen LogP contribution in [0, 0.1) is 5.92 Å². The van der Waals surface area contributed by atoms with E-state index < -0.39 is 5.60 Å². The number of nitrogens with zero attached hydrogens (tertiary/aromatic N) is 1. The highest BCUT2D eigenvalue weighted by molar-refractivity contribution is 5.16. The van der Waals surface area contributed by atoms with Crippen LogP contribution >= 0.6 is 0 Å². The lowest BCUT2D eigenvalue weighted by Crippen LogP contribution is -2.20. The summed E-state index contributed by atoms with van der Waals surface area (Å²) in [4.78, 5) is 0. The van der Waals surface area contributed by atoms with Gasteiger partial charge < -0.3 is 14.8 Å². The van der Waals surface area contributed by atoms with Gasteiger partial charge >= 0.3 is 0 Å². The maximum atomic E-state index is 9.94. The first-order valence-corrected chi connectivity index (χ1v) is 6.02. The summed E-state index contributed by atoms with van der Waals surface area (Å²) in [5, 5.41) is 19.6. The molecular formula is C13H21NO2. The SMILES string of the molecule is CC(C)(O)CCn1ccc(C(O)C2CC2)c1. The van der Waals surface area contributed by atoms with E-state index in [1.54, 1.807) is 0 Å². The molecule has 0 aromatic carbocycles. The third-order valence-corrected chi connectivity index (χ3v) is 3.17. The highest BCUT2D eigenvalue weighted by Crippen LogP contribution is 2.40. The second-order valence-electron chi connectivity index (χ2n) is 5.53. The molecule has 0 amide bonds. The molecule has 1 fully saturated rings. The molecule has 0 radical (unpaired) electrons. The second kappa shape index (κ2) is 4.22. The first-order valence-electron chi connectivity index (χ1n) is 6.02. The molecule has 0 saturated heterocycles. The second-order valence-corrected chi connectivity index (χ2v) is 5.53. The van der Waals surface area contributed by atoms with Crippen LogP contribution in [0.15, 0.2) is 18.5 Å². The molecule has 16 heavy (non-hydrogen) atoms. The van der Waals surface area contributed by atoms with Gasteiger partial charge in [-0.05, 0) is 50.7 Å². The van der Waals surface area contributed by atoms with E-state index in [9.17, 15) is 10.2 Å². The van der Waals surface area contributed by atoms with E-state index in [4.69, 9.17) is 0 Å². The molecule has 0 aliphatic heterocycles. The maximum absolute atomic E-state index is 9.94. The number of aromatic nitrogens is 1. The number of aliphatic hydroxyl groups is 2. The van der Waals surface area contributed by atoms with Gasteiger partial charge in [0.15, 0.2) is 0 Å². The first-order chi connectivity index (χ1) is 7.46. The van der Waals surface area contributed by atoms with Gasteiger partial charge in [0.25, 0.3) is 0 Å². The normalized spacial score (nSPS) is 18.8. The predicted octanol–water partition coefficient (Wildman–Crippen LogP) is 2.09. The summed E-state index contributed by atoms with van der Waals surface area (Å²) in [6.07, 6.45) is 6.71. The zero-order valence-electron chi connectivity index (χ0n) is 10.1. The van der Waals surface area contributed by atoms with E-state index in [1.807, 2.05) is 36.9 Å². The van der Waals surface area contributed by atoms with Crippen molar-refractivity contribution in [3.63, 3.8) is 0 Å². The molecule has 1 heterocycles. The molecule has 90 valence electrons. The molecule has 1 atom stereocenters. The van der Waals surface area contributed by atoms with Gasteiger partial charge in [0, 0.05) is 18.9 Å². The summed E-state index contributed by atoms with van der Waals surface area (Å²) in [5.41, 5.74) is 0.387.